The second-order valence-corrected chi connectivity index (χ2v) is 8.07. The lowest BCUT2D eigenvalue weighted by Gasteiger charge is -2.32. The predicted molar refractivity (Wildman–Crippen MR) is 123 cm³/mol. The zero-order chi connectivity index (χ0) is 23.4. The molecule has 1 fully saturated rings. The Hall–Kier alpha value is -3.94. The van der Waals surface area contributed by atoms with Crippen LogP contribution in [0.5, 0.6) is 5.75 Å². The first-order valence-electron chi connectivity index (χ1n) is 10.9. The number of hydrogen-bond acceptors (Lipinski definition) is 5. The quantitative estimate of drug-likeness (QED) is 0.565. The van der Waals surface area contributed by atoms with Crippen LogP contribution in [0.25, 0.3) is 11.3 Å². The maximum absolute atomic E-state index is 12.9. The fourth-order valence-corrected chi connectivity index (χ4v) is 3.89. The maximum Gasteiger partial charge on any atom is 0.271 e. The first-order valence-corrected chi connectivity index (χ1v) is 10.9. The van der Waals surface area contributed by atoms with Gasteiger partial charge in [-0.15, -0.1) is 0 Å². The van der Waals surface area contributed by atoms with E-state index in [2.05, 4.69) is 15.5 Å². The number of nitrogens with one attached hydrogen (secondary N) is 2. The molecule has 0 bridgehead atoms. The molecule has 33 heavy (non-hydrogen) atoms. The van der Waals surface area contributed by atoms with E-state index in [9.17, 15) is 14.4 Å². The van der Waals surface area contributed by atoms with Gasteiger partial charge in [0.2, 0.25) is 0 Å². The smallest absolute Gasteiger partial charge is 0.271 e. The van der Waals surface area contributed by atoms with Gasteiger partial charge in [-0.2, -0.15) is 5.10 Å². The first-order chi connectivity index (χ1) is 15.9. The van der Waals surface area contributed by atoms with E-state index in [1.165, 1.54) is 6.92 Å². The van der Waals surface area contributed by atoms with Crippen molar-refractivity contribution in [2.45, 2.75) is 25.8 Å². The van der Waals surface area contributed by atoms with Crippen molar-refractivity contribution in [3.8, 4) is 17.0 Å². The lowest BCUT2D eigenvalue weighted by atomic mass is 10.0. The number of amides is 2. The summed E-state index contributed by atoms with van der Waals surface area (Å²) in [5.74, 6) is 0.360. The van der Waals surface area contributed by atoms with E-state index in [1.807, 2.05) is 24.3 Å². The number of methoxy groups -OCH3 is 1. The Bertz CT molecular complexity index is 1160. The number of hydrogen-bond donors (Lipinski definition) is 2. The molecule has 1 saturated heterocycles. The van der Waals surface area contributed by atoms with Gasteiger partial charge in [-0.3, -0.25) is 19.5 Å². The summed E-state index contributed by atoms with van der Waals surface area (Å²) in [7, 11) is 1.61. The van der Waals surface area contributed by atoms with Crippen LogP contribution in [0.4, 0.5) is 0 Å². The Balaban J connectivity index is 1.33. The normalized spacial score (nSPS) is 14.1. The van der Waals surface area contributed by atoms with Crippen molar-refractivity contribution in [1.82, 2.24) is 20.4 Å². The molecule has 2 amide bonds. The van der Waals surface area contributed by atoms with Gasteiger partial charge in [-0.1, -0.05) is 12.1 Å². The summed E-state index contributed by atoms with van der Waals surface area (Å²) in [6.07, 6.45) is 1.31. The third-order valence-corrected chi connectivity index (χ3v) is 5.84. The fraction of sp³-hybridized carbons (Fsp3) is 0.280. The van der Waals surface area contributed by atoms with Crippen molar-refractivity contribution in [3.63, 3.8) is 0 Å². The monoisotopic (exact) mass is 446 g/mol. The Morgan fingerprint density at radius 3 is 2.39 bits per heavy atom. The number of Topliss-reactive ketones (excluding diaryl/α,β-unsaturated/α-hetero) is 1. The van der Waals surface area contributed by atoms with Crippen LogP contribution in [0.2, 0.25) is 0 Å². The van der Waals surface area contributed by atoms with Crippen LogP contribution in [0.1, 0.15) is 51.0 Å². The van der Waals surface area contributed by atoms with E-state index in [0.29, 0.717) is 48.4 Å². The topological polar surface area (TPSA) is 104 Å². The zero-order valence-corrected chi connectivity index (χ0v) is 18.6. The molecule has 4 rings (SSSR count). The van der Waals surface area contributed by atoms with Crippen molar-refractivity contribution >= 4 is 17.6 Å². The third kappa shape index (κ3) is 5.11. The lowest BCUT2D eigenvalue weighted by molar-refractivity contribution is 0.0692. The zero-order valence-electron chi connectivity index (χ0n) is 18.6. The second kappa shape index (κ2) is 9.68. The van der Waals surface area contributed by atoms with Crippen LogP contribution in [-0.2, 0) is 0 Å². The summed E-state index contributed by atoms with van der Waals surface area (Å²) in [4.78, 5) is 38.8. The molecular formula is C25H26N4O4. The van der Waals surface area contributed by atoms with Crippen LogP contribution in [0.3, 0.4) is 0 Å². The number of carbonyl (C=O) groups is 3. The summed E-state index contributed by atoms with van der Waals surface area (Å²) < 4.78 is 5.17. The number of rotatable bonds is 6. The van der Waals surface area contributed by atoms with Crippen LogP contribution in [0, 0.1) is 0 Å². The third-order valence-electron chi connectivity index (χ3n) is 5.84. The Kier molecular flexibility index (Phi) is 6.53. The lowest BCUT2D eigenvalue weighted by Crippen LogP contribution is -2.46. The van der Waals surface area contributed by atoms with E-state index in [1.54, 1.807) is 42.3 Å². The molecular weight excluding hydrogens is 420 g/mol. The fourth-order valence-electron chi connectivity index (χ4n) is 3.89. The van der Waals surface area contributed by atoms with E-state index in [0.717, 1.165) is 11.3 Å². The minimum absolute atomic E-state index is 0.0286. The molecule has 2 N–H and O–H groups in total. The second-order valence-electron chi connectivity index (χ2n) is 8.07. The summed E-state index contributed by atoms with van der Waals surface area (Å²) in [6.45, 7) is 2.55. The number of piperidine rings is 1. The number of benzene rings is 2. The minimum atomic E-state index is -0.208. The molecule has 170 valence electrons. The molecule has 0 unspecified atom stereocenters. The molecule has 1 aliphatic rings. The van der Waals surface area contributed by atoms with Crippen LogP contribution in [-0.4, -0.2) is 58.9 Å². The summed E-state index contributed by atoms with van der Waals surface area (Å²) in [5, 5.41) is 10.1. The number of ether oxygens (including phenoxy) is 1. The average molecular weight is 447 g/mol. The van der Waals surface area contributed by atoms with Gasteiger partial charge in [-0.05, 0) is 62.2 Å². The van der Waals surface area contributed by atoms with Gasteiger partial charge >= 0.3 is 0 Å². The minimum Gasteiger partial charge on any atom is -0.497 e. The summed E-state index contributed by atoms with van der Waals surface area (Å²) in [5.41, 5.74) is 2.99. The molecule has 0 spiro atoms. The van der Waals surface area contributed by atoms with Gasteiger partial charge in [0.15, 0.2) is 5.78 Å². The molecule has 1 aromatic heterocycles. The number of nitrogens with zero attached hydrogens (tertiary/aromatic N) is 2. The standard InChI is InChI=1S/C25H26N4O4/c1-16(30)18-4-3-5-19(14-18)24(31)26-20-10-12-29(13-11-20)25(32)23-15-22(27-28-23)17-6-8-21(33-2)9-7-17/h3-9,14-15,20H,10-13H2,1-2H3,(H,26,31)(H,27,28). The number of aromatic amines is 1. The van der Waals surface area contributed by atoms with Gasteiger partial charge < -0.3 is 15.0 Å². The highest BCUT2D eigenvalue weighted by Crippen LogP contribution is 2.22. The SMILES string of the molecule is COc1ccc(-c2cc(C(=O)N3CCC(NC(=O)c4cccc(C(C)=O)c4)CC3)[nH]n2)cc1. The number of aromatic nitrogens is 2. The molecule has 3 aromatic rings. The Labute approximate surface area is 191 Å². The molecule has 2 aromatic carbocycles. The van der Waals surface area contributed by atoms with Gasteiger partial charge in [-0.25, -0.2) is 0 Å². The van der Waals surface area contributed by atoms with Crippen LogP contribution < -0.4 is 10.1 Å². The van der Waals surface area contributed by atoms with Gasteiger partial charge in [0.1, 0.15) is 11.4 Å². The summed E-state index contributed by atoms with van der Waals surface area (Å²) in [6, 6.07) is 15.9. The van der Waals surface area contributed by atoms with E-state index in [-0.39, 0.29) is 23.6 Å². The maximum atomic E-state index is 12.9. The molecule has 0 radical (unpaired) electrons. The molecule has 1 aliphatic heterocycles. The highest BCUT2D eigenvalue weighted by molar-refractivity contribution is 5.99. The van der Waals surface area contributed by atoms with Crippen molar-refractivity contribution < 1.29 is 19.1 Å². The van der Waals surface area contributed by atoms with Gasteiger partial charge in [0, 0.05) is 35.8 Å². The van der Waals surface area contributed by atoms with E-state index >= 15 is 0 Å². The molecule has 0 atom stereocenters. The molecule has 0 saturated carbocycles. The summed E-state index contributed by atoms with van der Waals surface area (Å²) >= 11 is 0. The van der Waals surface area contributed by atoms with Gasteiger partial charge in [0.25, 0.3) is 11.8 Å². The molecule has 2 heterocycles. The highest BCUT2D eigenvalue weighted by Gasteiger charge is 2.26. The van der Waals surface area contributed by atoms with Gasteiger partial charge in [0.05, 0.1) is 12.8 Å². The van der Waals surface area contributed by atoms with Crippen molar-refractivity contribution in [3.05, 3.63) is 71.4 Å². The van der Waals surface area contributed by atoms with Crippen molar-refractivity contribution in [1.29, 1.82) is 0 Å². The predicted octanol–water partition coefficient (Wildman–Crippen LogP) is 3.32. The number of H-pyrrole nitrogens is 1. The largest absolute Gasteiger partial charge is 0.497 e. The Morgan fingerprint density at radius 2 is 1.73 bits per heavy atom. The van der Waals surface area contributed by atoms with Crippen molar-refractivity contribution in [2.24, 2.45) is 0 Å². The number of likely N-dealkylation sites (tertiary alicyclic amines) is 1. The van der Waals surface area contributed by atoms with Crippen LogP contribution >= 0.6 is 0 Å². The van der Waals surface area contributed by atoms with Crippen LogP contribution in [0.15, 0.2) is 54.6 Å². The number of carbonyl (C=O) groups excluding carboxylic acids is 3. The first kappa shape index (κ1) is 22.3. The highest BCUT2D eigenvalue weighted by atomic mass is 16.5. The Morgan fingerprint density at radius 1 is 1.03 bits per heavy atom. The molecule has 8 heteroatoms. The molecule has 0 aliphatic carbocycles. The van der Waals surface area contributed by atoms with E-state index in [4.69, 9.17) is 4.74 Å². The number of ketones is 1. The average Bonchev–Trinajstić information content (AvgIpc) is 3.34. The molecule has 8 nitrogen and oxygen atoms in total. The van der Waals surface area contributed by atoms with E-state index < -0.39 is 0 Å². The van der Waals surface area contributed by atoms with Crippen molar-refractivity contribution in [2.75, 3.05) is 20.2 Å².